The molecule has 2 nitrogen and oxygen atoms in total. The summed E-state index contributed by atoms with van der Waals surface area (Å²) in [5, 5.41) is 0. The lowest BCUT2D eigenvalue weighted by atomic mass is 9.82. The van der Waals surface area contributed by atoms with E-state index in [0.717, 1.165) is 18.8 Å². The van der Waals surface area contributed by atoms with Gasteiger partial charge in [0, 0.05) is 0 Å². The van der Waals surface area contributed by atoms with Crippen molar-refractivity contribution in [3.8, 4) is 0 Å². The van der Waals surface area contributed by atoms with Crippen LogP contribution in [0.25, 0.3) is 0 Å². The summed E-state index contributed by atoms with van der Waals surface area (Å²) >= 11 is 0. The molecule has 0 spiro atoms. The van der Waals surface area contributed by atoms with E-state index in [1.54, 1.807) is 6.47 Å². The summed E-state index contributed by atoms with van der Waals surface area (Å²) in [4.78, 5) is 10.3. The first-order valence-electron chi connectivity index (χ1n) is 4.86. The fraction of sp³-hybridized carbons (Fsp3) is 0.900. The first-order chi connectivity index (χ1) is 5.80. The molecule has 0 aliphatic heterocycles. The van der Waals surface area contributed by atoms with Crippen molar-refractivity contribution in [3.63, 3.8) is 0 Å². The fourth-order valence-corrected chi connectivity index (χ4v) is 3.11. The molecule has 0 amide bonds. The van der Waals surface area contributed by atoms with E-state index in [0.29, 0.717) is 5.92 Å². The second-order valence-corrected chi connectivity index (χ2v) is 4.18. The van der Waals surface area contributed by atoms with Crippen molar-refractivity contribution in [2.75, 3.05) is 0 Å². The average molecular weight is 167 g/mol. The molecule has 67 valence electrons. The largest absolute Gasteiger partial charge is 0.450 e. The first kappa shape index (κ1) is 8.09. The SMILES string of the molecule is CCC1(O[C]=O)CC2CCC1C2. The standard InChI is InChI=1S/C10H15O2/c1-2-10(12-7-11)6-8-3-4-9(10)5-8/h8-9H,2-6H2,1H3. The van der Waals surface area contributed by atoms with Gasteiger partial charge in [0.1, 0.15) is 5.60 Å². The van der Waals surface area contributed by atoms with Gasteiger partial charge in [0.05, 0.1) is 0 Å². The van der Waals surface area contributed by atoms with Gasteiger partial charge in [0.2, 0.25) is 0 Å². The quantitative estimate of drug-likeness (QED) is 0.643. The highest BCUT2D eigenvalue weighted by Crippen LogP contribution is 2.53. The maximum atomic E-state index is 10.3. The molecule has 2 rings (SSSR count). The predicted molar refractivity (Wildman–Crippen MR) is 45.2 cm³/mol. The van der Waals surface area contributed by atoms with E-state index < -0.39 is 0 Å². The van der Waals surface area contributed by atoms with Crippen LogP contribution < -0.4 is 0 Å². The summed E-state index contributed by atoms with van der Waals surface area (Å²) in [6.07, 6.45) is 5.91. The van der Waals surface area contributed by atoms with Crippen molar-refractivity contribution in [3.05, 3.63) is 0 Å². The topological polar surface area (TPSA) is 26.3 Å². The highest BCUT2D eigenvalue weighted by molar-refractivity contribution is 5.40. The minimum Gasteiger partial charge on any atom is -0.450 e. The molecule has 2 fully saturated rings. The smallest absolute Gasteiger partial charge is 0.418 e. The summed E-state index contributed by atoms with van der Waals surface area (Å²) < 4.78 is 5.17. The van der Waals surface area contributed by atoms with E-state index in [1.165, 1.54) is 19.3 Å². The van der Waals surface area contributed by atoms with Gasteiger partial charge in [-0.25, -0.2) is 4.79 Å². The molecule has 2 bridgehead atoms. The van der Waals surface area contributed by atoms with E-state index in [2.05, 4.69) is 6.92 Å². The molecule has 2 saturated carbocycles. The van der Waals surface area contributed by atoms with Crippen LogP contribution in [-0.4, -0.2) is 12.1 Å². The van der Waals surface area contributed by atoms with Gasteiger partial charge < -0.3 is 4.74 Å². The zero-order chi connectivity index (χ0) is 8.60. The van der Waals surface area contributed by atoms with Crippen molar-refractivity contribution in [2.24, 2.45) is 11.8 Å². The minimum absolute atomic E-state index is 0.120. The normalized spacial score (nSPS) is 44.8. The van der Waals surface area contributed by atoms with E-state index in [4.69, 9.17) is 4.74 Å². The van der Waals surface area contributed by atoms with Crippen molar-refractivity contribution in [2.45, 2.75) is 44.6 Å². The third-order valence-electron chi connectivity index (χ3n) is 3.76. The lowest BCUT2D eigenvalue weighted by molar-refractivity contribution is -0.00484. The lowest BCUT2D eigenvalue weighted by Gasteiger charge is -2.34. The van der Waals surface area contributed by atoms with Crippen LogP contribution in [0.4, 0.5) is 0 Å². The number of hydrogen-bond donors (Lipinski definition) is 0. The number of rotatable bonds is 3. The molecule has 0 aromatic heterocycles. The highest BCUT2D eigenvalue weighted by atomic mass is 16.5. The number of hydrogen-bond acceptors (Lipinski definition) is 2. The van der Waals surface area contributed by atoms with Crippen LogP contribution in [0.2, 0.25) is 0 Å². The number of ether oxygens (including phenoxy) is 1. The van der Waals surface area contributed by atoms with Crippen LogP contribution in [0.15, 0.2) is 0 Å². The van der Waals surface area contributed by atoms with Gasteiger partial charge in [0.25, 0.3) is 0 Å². The Bertz CT molecular complexity index is 190. The number of fused-ring (bicyclic) bond motifs is 2. The van der Waals surface area contributed by atoms with Crippen LogP contribution >= 0.6 is 0 Å². The Morgan fingerprint density at radius 3 is 2.83 bits per heavy atom. The summed E-state index contributed by atoms with van der Waals surface area (Å²) in [5.74, 6) is 1.46. The molecule has 0 aromatic rings. The Balaban J connectivity index is 2.13. The molecule has 3 unspecified atom stereocenters. The van der Waals surface area contributed by atoms with Crippen LogP contribution in [-0.2, 0) is 9.53 Å². The molecule has 0 heterocycles. The lowest BCUT2D eigenvalue weighted by Crippen LogP contribution is -2.37. The Kier molecular flexibility index (Phi) is 1.85. The molecule has 1 radical (unpaired) electrons. The summed E-state index contributed by atoms with van der Waals surface area (Å²) in [6, 6.07) is 0. The zero-order valence-corrected chi connectivity index (χ0v) is 7.51. The van der Waals surface area contributed by atoms with E-state index >= 15 is 0 Å². The first-order valence-corrected chi connectivity index (χ1v) is 4.86. The third-order valence-corrected chi connectivity index (χ3v) is 3.76. The van der Waals surface area contributed by atoms with Gasteiger partial charge in [-0.3, -0.25) is 0 Å². The summed E-state index contributed by atoms with van der Waals surface area (Å²) in [5.41, 5.74) is -0.120. The van der Waals surface area contributed by atoms with Gasteiger partial charge in [-0.15, -0.1) is 0 Å². The second kappa shape index (κ2) is 2.75. The molecule has 2 aliphatic rings. The Morgan fingerprint density at radius 1 is 1.58 bits per heavy atom. The van der Waals surface area contributed by atoms with Crippen molar-refractivity contribution in [1.82, 2.24) is 0 Å². The van der Waals surface area contributed by atoms with Crippen LogP contribution in [0, 0.1) is 11.8 Å². The molecule has 0 N–H and O–H groups in total. The predicted octanol–water partition coefficient (Wildman–Crippen LogP) is 2.04. The summed E-state index contributed by atoms with van der Waals surface area (Å²) in [7, 11) is 0. The summed E-state index contributed by atoms with van der Waals surface area (Å²) in [6.45, 7) is 3.75. The van der Waals surface area contributed by atoms with Gasteiger partial charge in [0.15, 0.2) is 0 Å². The molecule has 3 atom stereocenters. The second-order valence-electron chi connectivity index (χ2n) is 4.18. The third kappa shape index (κ3) is 0.970. The van der Waals surface area contributed by atoms with Crippen molar-refractivity contribution in [1.29, 1.82) is 0 Å². The average Bonchev–Trinajstić information content (AvgIpc) is 2.64. The maximum Gasteiger partial charge on any atom is 0.418 e. The molecule has 2 heteroatoms. The monoisotopic (exact) mass is 167 g/mol. The van der Waals surface area contributed by atoms with Gasteiger partial charge in [-0.05, 0) is 43.9 Å². The zero-order valence-electron chi connectivity index (χ0n) is 7.51. The molecule has 2 aliphatic carbocycles. The van der Waals surface area contributed by atoms with Crippen LogP contribution in [0.1, 0.15) is 39.0 Å². The Hall–Kier alpha value is -0.530. The van der Waals surface area contributed by atoms with Gasteiger partial charge >= 0.3 is 6.47 Å². The number of carbonyl (C=O) groups excluding carboxylic acids is 1. The molecular formula is C10H15O2. The molecular weight excluding hydrogens is 152 g/mol. The Morgan fingerprint density at radius 2 is 2.42 bits per heavy atom. The highest BCUT2D eigenvalue weighted by Gasteiger charge is 2.51. The van der Waals surface area contributed by atoms with Gasteiger partial charge in [-0.1, -0.05) is 6.92 Å². The molecule has 12 heavy (non-hydrogen) atoms. The van der Waals surface area contributed by atoms with E-state index in [9.17, 15) is 4.79 Å². The van der Waals surface area contributed by atoms with Crippen molar-refractivity contribution >= 4 is 6.47 Å². The van der Waals surface area contributed by atoms with Crippen molar-refractivity contribution < 1.29 is 9.53 Å². The van der Waals surface area contributed by atoms with Crippen LogP contribution in [0.3, 0.4) is 0 Å². The Labute approximate surface area is 73.3 Å². The molecule has 0 saturated heterocycles. The maximum absolute atomic E-state index is 10.3. The van der Waals surface area contributed by atoms with Crippen LogP contribution in [0.5, 0.6) is 0 Å². The fourth-order valence-electron chi connectivity index (χ4n) is 3.11. The molecule has 0 aromatic carbocycles. The van der Waals surface area contributed by atoms with E-state index in [1.807, 2.05) is 0 Å². The van der Waals surface area contributed by atoms with E-state index in [-0.39, 0.29) is 5.60 Å². The van der Waals surface area contributed by atoms with Gasteiger partial charge in [-0.2, -0.15) is 0 Å². The minimum atomic E-state index is -0.120.